The van der Waals surface area contributed by atoms with Gasteiger partial charge in [0.2, 0.25) is 0 Å². The average molecular weight is 288 g/mol. The molecular weight excluding hydrogens is 272 g/mol. The Morgan fingerprint density at radius 2 is 2.00 bits per heavy atom. The maximum Gasteiger partial charge on any atom is 0.154 e. The van der Waals surface area contributed by atoms with Crippen LogP contribution in [0.3, 0.4) is 0 Å². The van der Waals surface area contributed by atoms with Gasteiger partial charge in [0.1, 0.15) is 0 Å². The molecule has 0 bridgehead atoms. The average Bonchev–Trinajstić information content (AvgIpc) is 1.79. The first-order valence-corrected chi connectivity index (χ1v) is 5.40. The first-order chi connectivity index (χ1) is 5.31. The maximum absolute atomic E-state index is 5.66. The van der Waals surface area contributed by atoms with Crippen molar-refractivity contribution in [3.63, 3.8) is 0 Å². The molecule has 0 aliphatic rings. The van der Waals surface area contributed by atoms with Crippen LogP contribution in [0.25, 0.3) is 0 Å². The van der Waals surface area contributed by atoms with Gasteiger partial charge in [-0.1, -0.05) is 34.3 Å². The quantitative estimate of drug-likeness (QED) is 0.626. The van der Waals surface area contributed by atoms with Crippen LogP contribution in [0.2, 0.25) is 0 Å². The molecule has 0 aliphatic carbocycles. The van der Waals surface area contributed by atoms with Gasteiger partial charge in [-0.3, -0.25) is 4.99 Å². The van der Waals surface area contributed by atoms with Gasteiger partial charge in [0, 0.05) is 5.75 Å². The molecule has 0 atom stereocenters. The van der Waals surface area contributed by atoms with Crippen molar-refractivity contribution < 1.29 is 0 Å². The highest BCUT2D eigenvalue weighted by Gasteiger charge is 2.07. The summed E-state index contributed by atoms with van der Waals surface area (Å²) in [5.41, 5.74) is 5.57. The third kappa shape index (κ3) is 12.3. The standard InChI is InChI=1S/C8H15BrN2S.ClH/c1-6(9)5-12-7(10)11-8(2,3)4;/h1,5H2,2-4H3,(H2,10,11);1H. The molecule has 0 unspecified atom stereocenters. The van der Waals surface area contributed by atoms with E-state index in [1.54, 1.807) is 0 Å². The van der Waals surface area contributed by atoms with E-state index in [4.69, 9.17) is 5.73 Å². The molecule has 0 aliphatic heterocycles. The van der Waals surface area contributed by atoms with E-state index in [1.165, 1.54) is 11.8 Å². The van der Waals surface area contributed by atoms with Crippen LogP contribution >= 0.6 is 40.1 Å². The number of hydrogen-bond donors (Lipinski definition) is 1. The van der Waals surface area contributed by atoms with E-state index in [0.29, 0.717) is 5.17 Å². The van der Waals surface area contributed by atoms with Gasteiger partial charge < -0.3 is 5.73 Å². The number of aliphatic imine (C=N–C) groups is 1. The lowest BCUT2D eigenvalue weighted by Gasteiger charge is -2.12. The smallest absolute Gasteiger partial charge is 0.154 e. The topological polar surface area (TPSA) is 38.4 Å². The highest BCUT2D eigenvalue weighted by Crippen LogP contribution is 2.14. The van der Waals surface area contributed by atoms with Crippen LogP contribution in [0.4, 0.5) is 0 Å². The van der Waals surface area contributed by atoms with Gasteiger partial charge in [-0.05, 0) is 25.3 Å². The highest BCUT2D eigenvalue weighted by atomic mass is 79.9. The van der Waals surface area contributed by atoms with Gasteiger partial charge in [0.25, 0.3) is 0 Å². The molecule has 0 aromatic carbocycles. The zero-order chi connectivity index (χ0) is 9.78. The number of nitrogens with two attached hydrogens (primary N) is 1. The first kappa shape index (κ1) is 15.8. The molecule has 0 amide bonds. The minimum Gasteiger partial charge on any atom is -0.379 e. The lowest BCUT2D eigenvalue weighted by molar-refractivity contribution is 0.585. The monoisotopic (exact) mass is 286 g/mol. The van der Waals surface area contributed by atoms with E-state index in [2.05, 4.69) is 27.5 Å². The zero-order valence-corrected chi connectivity index (χ0v) is 11.4. The van der Waals surface area contributed by atoms with Crippen molar-refractivity contribution in [3.05, 3.63) is 11.1 Å². The Bertz CT molecular complexity index is 199. The van der Waals surface area contributed by atoms with Crippen molar-refractivity contribution in [1.29, 1.82) is 0 Å². The fourth-order valence-electron chi connectivity index (χ4n) is 0.515. The van der Waals surface area contributed by atoms with Crippen LogP contribution in [0, 0.1) is 0 Å². The fraction of sp³-hybridized carbons (Fsp3) is 0.625. The molecule has 0 heterocycles. The predicted molar refractivity (Wildman–Crippen MR) is 69.1 cm³/mol. The van der Waals surface area contributed by atoms with Crippen molar-refractivity contribution in [3.8, 4) is 0 Å². The Kier molecular flexibility index (Phi) is 8.18. The molecule has 0 saturated carbocycles. The Balaban J connectivity index is 0. The highest BCUT2D eigenvalue weighted by molar-refractivity contribution is 9.11. The molecule has 13 heavy (non-hydrogen) atoms. The number of amidine groups is 1. The van der Waals surface area contributed by atoms with Crippen LogP contribution in [0.15, 0.2) is 16.1 Å². The Labute approximate surface area is 99.0 Å². The fourth-order valence-corrected chi connectivity index (χ4v) is 1.50. The molecule has 0 rings (SSSR count). The summed E-state index contributed by atoms with van der Waals surface area (Å²) in [6, 6.07) is 0. The Morgan fingerprint density at radius 3 is 2.31 bits per heavy atom. The molecular formula is C8H16BrClN2S. The second-order valence-corrected chi connectivity index (χ2v) is 5.54. The summed E-state index contributed by atoms with van der Waals surface area (Å²) >= 11 is 4.75. The minimum absolute atomic E-state index is 0. The molecule has 5 heteroatoms. The van der Waals surface area contributed by atoms with Crippen LogP contribution in [0.5, 0.6) is 0 Å². The summed E-state index contributed by atoms with van der Waals surface area (Å²) in [5, 5.41) is 0.614. The van der Waals surface area contributed by atoms with Gasteiger partial charge in [-0.25, -0.2) is 0 Å². The van der Waals surface area contributed by atoms with Gasteiger partial charge in [-0.15, -0.1) is 12.4 Å². The van der Waals surface area contributed by atoms with E-state index >= 15 is 0 Å². The first-order valence-electron chi connectivity index (χ1n) is 3.62. The Hall–Kier alpha value is 0.330. The second-order valence-electron chi connectivity index (χ2n) is 3.43. The Morgan fingerprint density at radius 1 is 1.54 bits per heavy atom. The van der Waals surface area contributed by atoms with Crippen molar-refractivity contribution in [2.24, 2.45) is 10.7 Å². The van der Waals surface area contributed by atoms with Crippen LogP contribution in [0.1, 0.15) is 20.8 Å². The summed E-state index contributed by atoms with van der Waals surface area (Å²) in [6.45, 7) is 9.76. The molecule has 2 N–H and O–H groups in total. The van der Waals surface area contributed by atoms with Crippen LogP contribution in [-0.2, 0) is 0 Å². The predicted octanol–water partition coefficient (Wildman–Crippen LogP) is 3.16. The summed E-state index contributed by atoms with van der Waals surface area (Å²) in [5.74, 6) is 0.769. The van der Waals surface area contributed by atoms with Crippen molar-refractivity contribution in [1.82, 2.24) is 0 Å². The van der Waals surface area contributed by atoms with E-state index in [-0.39, 0.29) is 17.9 Å². The van der Waals surface area contributed by atoms with Gasteiger partial charge in [-0.2, -0.15) is 0 Å². The third-order valence-electron chi connectivity index (χ3n) is 0.822. The summed E-state index contributed by atoms with van der Waals surface area (Å²) in [4.78, 5) is 4.28. The van der Waals surface area contributed by atoms with E-state index < -0.39 is 0 Å². The SMILES string of the molecule is C=C(Br)CSC(N)=NC(C)(C)C.Cl. The van der Waals surface area contributed by atoms with E-state index in [1.807, 2.05) is 20.8 Å². The number of nitrogens with zero attached hydrogens (tertiary/aromatic N) is 1. The normalized spacial score (nSPS) is 12.2. The van der Waals surface area contributed by atoms with Gasteiger partial charge in [0.15, 0.2) is 5.17 Å². The summed E-state index contributed by atoms with van der Waals surface area (Å²) < 4.78 is 0.930. The van der Waals surface area contributed by atoms with Crippen molar-refractivity contribution in [2.75, 3.05) is 5.75 Å². The molecule has 0 spiro atoms. The zero-order valence-electron chi connectivity index (χ0n) is 8.13. The van der Waals surface area contributed by atoms with E-state index in [9.17, 15) is 0 Å². The van der Waals surface area contributed by atoms with Crippen molar-refractivity contribution in [2.45, 2.75) is 26.3 Å². The molecule has 0 fully saturated rings. The molecule has 78 valence electrons. The molecule has 0 aromatic rings. The maximum atomic E-state index is 5.66. The summed E-state index contributed by atoms with van der Waals surface area (Å²) in [7, 11) is 0. The lowest BCUT2D eigenvalue weighted by Crippen LogP contribution is -2.18. The minimum atomic E-state index is -0.0925. The largest absolute Gasteiger partial charge is 0.379 e. The second kappa shape index (κ2) is 6.74. The van der Waals surface area contributed by atoms with Crippen LogP contribution in [-0.4, -0.2) is 16.5 Å². The van der Waals surface area contributed by atoms with E-state index in [0.717, 1.165) is 10.2 Å². The number of hydrogen-bond acceptors (Lipinski definition) is 2. The summed E-state index contributed by atoms with van der Waals surface area (Å²) in [6.07, 6.45) is 0. The number of rotatable bonds is 2. The van der Waals surface area contributed by atoms with Gasteiger partial charge in [0.05, 0.1) is 5.54 Å². The number of halogens is 2. The molecule has 2 nitrogen and oxygen atoms in total. The van der Waals surface area contributed by atoms with Crippen molar-refractivity contribution >= 4 is 45.3 Å². The number of thioether (sulfide) groups is 1. The molecule has 0 saturated heterocycles. The van der Waals surface area contributed by atoms with Gasteiger partial charge >= 0.3 is 0 Å². The molecule has 0 radical (unpaired) electrons. The lowest BCUT2D eigenvalue weighted by atomic mass is 10.1. The molecule has 0 aromatic heterocycles. The third-order valence-corrected chi connectivity index (χ3v) is 2.35. The van der Waals surface area contributed by atoms with Crippen LogP contribution < -0.4 is 5.73 Å².